The molecular formula is C26H34FN3O2. The molecule has 0 radical (unpaired) electrons. The normalized spacial score (nSPS) is 19.7. The maximum atomic E-state index is 13.2. The van der Waals surface area contributed by atoms with Crippen LogP contribution >= 0.6 is 0 Å². The van der Waals surface area contributed by atoms with Crippen LogP contribution in [0.5, 0.6) is 5.75 Å². The van der Waals surface area contributed by atoms with E-state index in [2.05, 4.69) is 44.6 Å². The summed E-state index contributed by atoms with van der Waals surface area (Å²) in [6.07, 6.45) is 1.02. The van der Waals surface area contributed by atoms with Crippen molar-refractivity contribution in [1.82, 2.24) is 9.80 Å². The zero-order valence-electron chi connectivity index (χ0n) is 19.7. The second-order valence-electron chi connectivity index (χ2n) is 9.30. The molecule has 1 fully saturated rings. The van der Waals surface area contributed by atoms with Crippen molar-refractivity contribution in [2.75, 3.05) is 19.0 Å². The number of piperazine rings is 1. The van der Waals surface area contributed by atoms with Crippen LogP contribution in [0, 0.1) is 5.82 Å². The molecule has 5 nitrogen and oxygen atoms in total. The topological polar surface area (TPSA) is 58.8 Å². The lowest BCUT2D eigenvalue weighted by atomic mass is 9.82. The van der Waals surface area contributed by atoms with E-state index in [9.17, 15) is 9.18 Å². The minimum Gasteiger partial charge on any atom is -0.476 e. The van der Waals surface area contributed by atoms with Gasteiger partial charge in [0.1, 0.15) is 29.9 Å². The SMILES string of the molecule is CCC(C)(C)c1ccc(OCN2C[C@@H](C)N(Cc3ccc(F)cc3)C(=C=O)[C@@H]2C)c(N)c1. The Morgan fingerprint density at radius 1 is 1.19 bits per heavy atom. The summed E-state index contributed by atoms with van der Waals surface area (Å²) in [5.74, 6) is 2.51. The number of hydrogen-bond acceptors (Lipinski definition) is 5. The number of halogens is 1. The van der Waals surface area contributed by atoms with Crippen molar-refractivity contribution in [2.45, 2.75) is 65.1 Å². The van der Waals surface area contributed by atoms with Gasteiger partial charge in [-0.05, 0) is 61.1 Å². The van der Waals surface area contributed by atoms with E-state index in [1.807, 2.05) is 24.0 Å². The molecule has 32 heavy (non-hydrogen) atoms. The largest absolute Gasteiger partial charge is 0.476 e. The van der Waals surface area contributed by atoms with Crippen LogP contribution in [0.4, 0.5) is 10.1 Å². The van der Waals surface area contributed by atoms with E-state index in [4.69, 9.17) is 10.5 Å². The number of benzene rings is 2. The summed E-state index contributed by atoms with van der Waals surface area (Å²) >= 11 is 0. The Bertz CT molecular complexity index is 983. The van der Waals surface area contributed by atoms with Crippen molar-refractivity contribution >= 4 is 11.6 Å². The molecule has 0 aliphatic carbocycles. The Balaban J connectivity index is 1.69. The summed E-state index contributed by atoms with van der Waals surface area (Å²) in [7, 11) is 0. The Kier molecular flexibility index (Phi) is 7.27. The molecule has 2 atom stereocenters. The van der Waals surface area contributed by atoms with E-state index in [1.54, 1.807) is 12.1 Å². The van der Waals surface area contributed by atoms with E-state index in [1.165, 1.54) is 17.7 Å². The summed E-state index contributed by atoms with van der Waals surface area (Å²) < 4.78 is 19.3. The van der Waals surface area contributed by atoms with Crippen LogP contribution < -0.4 is 10.5 Å². The van der Waals surface area contributed by atoms with Crippen LogP contribution in [0.3, 0.4) is 0 Å². The van der Waals surface area contributed by atoms with Crippen LogP contribution in [0.1, 0.15) is 52.2 Å². The molecule has 1 aliphatic heterocycles. The van der Waals surface area contributed by atoms with Crippen LogP contribution in [0.2, 0.25) is 0 Å². The lowest BCUT2D eigenvalue weighted by Crippen LogP contribution is -2.55. The molecule has 1 aliphatic rings. The van der Waals surface area contributed by atoms with Crippen LogP contribution in [0.25, 0.3) is 0 Å². The van der Waals surface area contributed by atoms with Crippen LogP contribution in [0.15, 0.2) is 48.2 Å². The number of nitrogens with zero attached hydrogens (tertiary/aromatic N) is 2. The van der Waals surface area contributed by atoms with Crippen molar-refractivity contribution in [3.63, 3.8) is 0 Å². The predicted octanol–water partition coefficient (Wildman–Crippen LogP) is 4.74. The number of nitrogen functional groups attached to an aromatic ring is 1. The van der Waals surface area contributed by atoms with Crippen LogP contribution in [-0.4, -0.2) is 41.1 Å². The fourth-order valence-corrected chi connectivity index (χ4v) is 4.04. The molecule has 1 heterocycles. The molecule has 2 N–H and O–H groups in total. The molecule has 0 saturated carbocycles. The maximum Gasteiger partial charge on any atom is 0.147 e. The van der Waals surface area contributed by atoms with E-state index >= 15 is 0 Å². The summed E-state index contributed by atoms with van der Waals surface area (Å²) in [5.41, 5.74) is 9.66. The van der Waals surface area contributed by atoms with Crippen LogP contribution in [-0.2, 0) is 16.8 Å². The summed E-state index contributed by atoms with van der Waals surface area (Å²) in [4.78, 5) is 16.0. The average Bonchev–Trinajstić information content (AvgIpc) is 2.77. The van der Waals surface area contributed by atoms with Gasteiger partial charge in [-0.2, -0.15) is 0 Å². The smallest absolute Gasteiger partial charge is 0.147 e. The maximum absolute atomic E-state index is 13.2. The Morgan fingerprint density at radius 2 is 1.88 bits per heavy atom. The molecule has 0 bridgehead atoms. The summed E-state index contributed by atoms with van der Waals surface area (Å²) in [5, 5.41) is 0. The zero-order chi connectivity index (χ0) is 23.5. The quantitative estimate of drug-likeness (QED) is 0.499. The van der Waals surface area contributed by atoms with Gasteiger partial charge in [0.25, 0.3) is 0 Å². The molecule has 0 spiro atoms. The van der Waals surface area contributed by atoms with Gasteiger partial charge in [-0.25, -0.2) is 9.18 Å². The van der Waals surface area contributed by atoms with E-state index < -0.39 is 0 Å². The average molecular weight is 440 g/mol. The number of ether oxygens (including phenoxy) is 1. The minimum absolute atomic E-state index is 0.0567. The summed E-state index contributed by atoms with van der Waals surface area (Å²) in [6, 6.07) is 12.3. The van der Waals surface area contributed by atoms with Gasteiger partial charge in [-0.3, -0.25) is 4.90 Å². The highest BCUT2D eigenvalue weighted by Crippen LogP contribution is 2.32. The minimum atomic E-state index is -0.270. The van der Waals surface area contributed by atoms with Crippen molar-refractivity contribution in [2.24, 2.45) is 0 Å². The van der Waals surface area contributed by atoms with E-state index in [0.717, 1.165) is 12.0 Å². The molecule has 3 rings (SSSR count). The molecule has 0 unspecified atom stereocenters. The molecule has 6 heteroatoms. The first kappa shape index (κ1) is 23.8. The Labute approximate surface area is 190 Å². The predicted molar refractivity (Wildman–Crippen MR) is 126 cm³/mol. The van der Waals surface area contributed by atoms with Gasteiger partial charge in [0, 0.05) is 19.1 Å². The standard InChI is InChI=1S/C26H34FN3O2/c1-6-26(4,5)21-9-12-25(23(28)13-21)32-17-29-14-18(2)30(24(16-31)19(29)3)15-20-7-10-22(27)11-8-20/h7-13,18-19H,6,14-15,17,28H2,1-5H3/t18-,19+/m1/s1. The van der Waals surface area contributed by atoms with Gasteiger partial charge in [0.2, 0.25) is 0 Å². The number of rotatable bonds is 7. The molecule has 0 amide bonds. The van der Waals surface area contributed by atoms with Gasteiger partial charge in [-0.15, -0.1) is 0 Å². The molecule has 0 aromatic heterocycles. The highest BCUT2D eigenvalue weighted by atomic mass is 19.1. The van der Waals surface area contributed by atoms with Crippen molar-refractivity contribution in [3.8, 4) is 5.75 Å². The molecule has 2 aromatic carbocycles. The fourth-order valence-electron chi connectivity index (χ4n) is 4.04. The lowest BCUT2D eigenvalue weighted by molar-refractivity contribution is 0.0288. The third kappa shape index (κ3) is 5.14. The van der Waals surface area contributed by atoms with Crippen molar-refractivity contribution < 1.29 is 13.9 Å². The van der Waals surface area contributed by atoms with Crippen molar-refractivity contribution in [3.05, 3.63) is 65.1 Å². The van der Waals surface area contributed by atoms with Gasteiger partial charge in [0.15, 0.2) is 0 Å². The van der Waals surface area contributed by atoms with Crippen molar-refractivity contribution in [1.29, 1.82) is 0 Å². The lowest BCUT2D eigenvalue weighted by Gasteiger charge is -2.45. The number of nitrogens with two attached hydrogens (primary N) is 1. The third-order valence-corrected chi connectivity index (χ3v) is 6.72. The van der Waals surface area contributed by atoms with Gasteiger partial charge in [0.05, 0.1) is 11.7 Å². The first-order valence-electron chi connectivity index (χ1n) is 11.2. The van der Waals surface area contributed by atoms with Gasteiger partial charge >= 0.3 is 0 Å². The first-order chi connectivity index (χ1) is 15.2. The molecule has 2 aromatic rings. The number of carbonyl (C=O) groups excluding carboxylic acids is 1. The Morgan fingerprint density at radius 3 is 2.47 bits per heavy atom. The first-order valence-corrected chi connectivity index (χ1v) is 11.2. The fraction of sp³-hybridized carbons (Fsp3) is 0.462. The number of hydrogen-bond donors (Lipinski definition) is 1. The monoisotopic (exact) mass is 439 g/mol. The van der Waals surface area contributed by atoms with Gasteiger partial charge in [-0.1, -0.05) is 39.0 Å². The van der Waals surface area contributed by atoms with Gasteiger partial charge < -0.3 is 15.4 Å². The Hall–Kier alpha value is -2.82. The zero-order valence-corrected chi connectivity index (χ0v) is 19.7. The second kappa shape index (κ2) is 9.76. The molecular weight excluding hydrogens is 405 g/mol. The third-order valence-electron chi connectivity index (χ3n) is 6.72. The molecule has 1 saturated heterocycles. The van der Waals surface area contributed by atoms with E-state index in [-0.39, 0.29) is 23.3 Å². The molecule has 172 valence electrons. The summed E-state index contributed by atoms with van der Waals surface area (Å²) in [6.45, 7) is 12.2. The number of anilines is 1. The highest BCUT2D eigenvalue weighted by Gasteiger charge is 2.34. The highest BCUT2D eigenvalue weighted by molar-refractivity contribution is 5.56. The van der Waals surface area contributed by atoms with E-state index in [0.29, 0.717) is 37.0 Å². The second-order valence-corrected chi connectivity index (χ2v) is 9.30.